The summed E-state index contributed by atoms with van der Waals surface area (Å²) in [6, 6.07) is 0. The van der Waals surface area contributed by atoms with Crippen LogP contribution in [0.2, 0.25) is 0 Å². The van der Waals surface area contributed by atoms with Gasteiger partial charge in [0.15, 0.2) is 0 Å². The van der Waals surface area contributed by atoms with Gasteiger partial charge in [0.05, 0.1) is 0 Å². The third-order valence-corrected chi connectivity index (χ3v) is 4.51. The Morgan fingerprint density at radius 3 is 2.42 bits per heavy atom. The summed E-state index contributed by atoms with van der Waals surface area (Å²) in [6.07, 6.45) is 2.62. The molecule has 1 heteroatoms. The van der Waals surface area contributed by atoms with Gasteiger partial charge in [0, 0.05) is 6.61 Å². The molecule has 4 atom stereocenters. The molecule has 12 heavy (non-hydrogen) atoms. The summed E-state index contributed by atoms with van der Waals surface area (Å²) >= 11 is 0. The first-order valence-electron chi connectivity index (χ1n) is 5.18. The fourth-order valence-corrected chi connectivity index (χ4v) is 3.20. The van der Waals surface area contributed by atoms with Crippen molar-refractivity contribution in [3.63, 3.8) is 0 Å². The van der Waals surface area contributed by atoms with Gasteiger partial charge in [0.2, 0.25) is 0 Å². The summed E-state index contributed by atoms with van der Waals surface area (Å²) in [5.41, 5.74) is 0.595. The van der Waals surface area contributed by atoms with Gasteiger partial charge in [0.25, 0.3) is 0 Å². The fourth-order valence-electron chi connectivity index (χ4n) is 3.20. The van der Waals surface area contributed by atoms with Gasteiger partial charge in [-0.25, -0.2) is 0 Å². The lowest BCUT2D eigenvalue weighted by Crippen LogP contribution is -2.21. The smallest absolute Gasteiger partial charge is 0.0461 e. The molecular weight excluding hydrogens is 148 g/mol. The van der Waals surface area contributed by atoms with E-state index in [1.54, 1.807) is 0 Å². The van der Waals surface area contributed by atoms with Crippen LogP contribution in [0.3, 0.4) is 0 Å². The quantitative estimate of drug-likeness (QED) is 0.637. The predicted octanol–water partition coefficient (Wildman–Crippen LogP) is 2.30. The zero-order valence-corrected chi connectivity index (χ0v) is 8.38. The van der Waals surface area contributed by atoms with E-state index in [4.69, 9.17) is 5.11 Å². The SMILES string of the molecule is CC1CC2C(CC1CO)C2(C)C. The monoisotopic (exact) mass is 168 g/mol. The van der Waals surface area contributed by atoms with Crippen molar-refractivity contribution in [2.24, 2.45) is 29.1 Å². The van der Waals surface area contributed by atoms with Crippen molar-refractivity contribution >= 4 is 0 Å². The molecule has 0 spiro atoms. The van der Waals surface area contributed by atoms with Crippen LogP contribution in [0.1, 0.15) is 33.6 Å². The minimum atomic E-state index is 0.403. The van der Waals surface area contributed by atoms with Gasteiger partial charge in [0.1, 0.15) is 0 Å². The number of rotatable bonds is 1. The van der Waals surface area contributed by atoms with Gasteiger partial charge in [-0.15, -0.1) is 0 Å². The van der Waals surface area contributed by atoms with Crippen LogP contribution in [0.5, 0.6) is 0 Å². The second-order valence-electron chi connectivity index (χ2n) is 5.43. The number of aliphatic hydroxyl groups excluding tert-OH is 1. The highest BCUT2D eigenvalue weighted by molar-refractivity contribution is 5.08. The molecular formula is C11H20O. The van der Waals surface area contributed by atoms with Crippen molar-refractivity contribution in [3.8, 4) is 0 Å². The third kappa shape index (κ3) is 1.02. The van der Waals surface area contributed by atoms with Gasteiger partial charge >= 0.3 is 0 Å². The minimum Gasteiger partial charge on any atom is -0.396 e. The predicted molar refractivity (Wildman–Crippen MR) is 49.7 cm³/mol. The maximum Gasteiger partial charge on any atom is 0.0461 e. The van der Waals surface area contributed by atoms with Crippen molar-refractivity contribution in [3.05, 3.63) is 0 Å². The molecule has 0 saturated heterocycles. The van der Waals surface area contributed by atoms with E-state index in [9.17, 15) is 0 Å². The van der Waals surface area contributed by atoms with Gasteiger partial charge in [-0.1, -0.05) is 20.8 Å². The molecule has 4 unspecified atom stereocenters. The Morgan fingerprint density at radius 1 is 1.25 bits per heavy atom. The topological polar surface area (TPSA) is 20.2 Å². The van der Waals surface area contributed by atoms with Gasteiger partial charge in [-0.2, -0.15) is 0 Å². The Morgan fingerprint density at radius 2 is 1.83 bits per heavy atom. The first-order valence-corrected chi connectivity index (χ1v) is 5.18. The molecule has 0 amide bonds. The largest absolute Gasteiger partial charge is 0.396 e. The standard InChI is InChI=1S/C11H20O/c1-7-4-9-10(11(9,2)3)5-8(7)6-12/h7-10,12H,4-6H2,1-3H3. The molecule has 2 saturated carbocycles. The van der Waals surface area contributed by atoms with Crippen LogP contribution < -0.4 is 0 Å². The van der Waals surface area contributed by atoms with E-state index in [1.807, 2.05) is 0 Å². The highest BCUT2D eigenvalue weighted by atomic mass is 16.3. The van der Waals surface area contributed by atoms with E-state index in [1.165, 1.54) is 12.8 Å². The third-order valence-electron chi connectivity index (χ3n) is 4.51. The molecule has 0 radical (unpaired) electrons. The zero-order valence-electron chi connectivity index (χ0n) is 8.38. The van der Waals surface area contributed by atoms with Crippen molar-refractivity contribution in [2.45, 2.75) is 33.6 Å². The highest BCUT2D eigenvalue weighted by Gasteiger charge is 2.60. The Balaban J connectivity index is 2.03. The summed E-state index contributed by atoms with van der Waals surface area (Å²) in [6.45, 7) is 7.47. The second kappa shape index (κ2) is 2.47. The zero-order chi connectivity index (χ0) is 8.93. The van der Waals surface area contributed by atoms with Crippen LogP contribution >= 0.6 is 0 Å². The number of hydrogen-bond donors (Lipinski definition) is 1. The average Bonchev–Trinajstić information content (AvgIpc) is 2.52. The number of fused-ring (bicyclic) bond motifs is 1. The van der Waals surface area contributed by atoms with E-state index in [0.717, 1.165) is 17.8 Å². The maximum absolute atomic E-state index is 9.17. The van der Waals surface area contributed by atoms with Gasteiger partial charge in [-0.3, -0.25) is 0 Å². The van der Waals surface area contributed by atoms with Crippen LogP contribution in [0.4, 0.5) is 0 Å². The van der Waals surface area contributed by atoms with Gasteiger partial charge in [-0.05, 0) is 41.9 Å². The lowest BCUT2D eigenvalue weighted by molar-refractivity contribution is 0.139. The van der Waals surface area contributed by atoms with Crippen molar-refractivity contribution in [1.29, 1.82) is 0 Å². The Kier molecular flexibility index (Phi) is 1.76. The van der Waals surface area contributed by atoms with Crippen molar-refractivity contribution < 1.29 is 5.11 Å². The molecule has 0 aromatic heterocycles. The molecule has 2 rings (SSSR count). The molecule has 0 aromatic carbocycles. The first-order chi connectivity index (χ1) is 5.57. The normalized spacial score (nSPS) is 50.0. The summed E-state index contributed by atoms with van der Waals surface area (Å²) in [5, 5.41) is 9.17. The molecule has 0 bridgehead atoms. The Bertz CT molecular complexity index is 185. The van der Waals surface area contributed by atoms with E-state index >= 15 is 0 Å². The molecule has 1 N–H and O–H groups in total. The fraction of sp³-hybridized carbons (Fsp3) is 1.00. The summed E-state index contributed by atoms with van der Waals surface area (Å²) in [5.74, 6) is 3.23. The summed E-state index contributed by atoms with van der Waals surface area (Å²) in [4.78, 5) is 0. The average molecular weight is 168 g/mol. The molecule has 2 aliphatic rings. The number of aliphatic hydroxyl groups is 1. The molecule has 0 heterocycles. The lowest BCUT2D eigenvalue weighted by Gasteiger charge is -2.26. The van der Waals surface area contributed by atoms with E-state index < -0.39 is 0 Å². The summed E-state index contributed by atoms with van der Waals surface area (Å²) in [7, 11) is 0. The molecule has 70 valence electrons. The van der Waals surface area contributed by atoms with E-state index in [2.05, 4.69) is 20.8 Å². The molecule has 2 aliphatic carbocycles. The lowest BCUT2D eigenvalue weighted by atomic mass is 9.81. The van der Waals surface area contributed by atoms with E-state index in [0.29, 0.717) is 17.9 Å². The summed E-state index contributed by atoms with van der Waals surface area (Å²) < 4.78 is 0. The Labute approximate surface area is 75.2 Å². The molecule has 1 nitrogen and oxygen atoms in total. The van der Waals surface area contributed by atoms with Crippen LogP contribution in [-0.4, -0.2) is 11.7 Å². The molecule has 2 fully saturated rings. The first kappa shape index (κ1) is 8.55. The molecule has 0 aliphatic heterocycles. The van der Waals surface area contributed by atoms with Crippen molar-refractivity contribution in [1.82, 2.24) is 0 Å². The highest BCUT2D eigenvalue weighted by Crippen LogP contribution is 2.66. The van der Waals surface area contributed by atoms with Crippen LogP contribution in [0, 0.1) is 29.1 Å². The minimum absolute atomic E-state index is 0.403. The van der Waals surface area contributed by atoms with Crippen molar-refractivity contribution in [2.75, 3.05) is 6.61 Å². The Hall–Kier alpha value is -0.0400. The second-order valence-corrected chi connectivity index (χ2v) is 5.43. The number of hydrogen-bond acceptors (Lipinski definition) is 1. The van der Waals surface area contributed by atoms with E-state index in [-0.39, 0.29) is 0 Å². The van der Waals surface area contributed by atoms with Crippen LogP contribution in [0.15, 0.2) is 0 Å². The maximum atomic E-state index is 9.17. The molecule has 0 aromatic rings. The van der Waals surface area contributed by atoms with Crippen LogP contribution in [0.25, 0.3) is 0 Å². The van der Waals surface area contributed by atoms with Gasteiger partial charge < -0.3 is 5.11 Å². The van der Waals surface area contributed by atoms with Crippen LogP contribution in [-0.2, 0) is 0 Å².